The van der Waals surface area contributed by atoms with Crippen molar-refractivity contribution in [1.82, 2.24) is 14.5 Å². The van der Waals surface area contributed by atoms with Crippen molar-refractivity contribution >= 4 is 6.09 Å². The van der Waals surface area contributed by atoms with Crippen LogP contribution in [0.3, 0.4) is 0 Å². The summed E-state index contributed by atoms with van der Waals surface area (Å²) in [7, 11) is 0. The van der Waals surface area contributed by atoms with Crippen LogP contribution in [-0.2, 0) is 17.7 Å². The van der Waals surface area contributed by atoms with E-state index in [-0.39, 0.29) is 6.04 Å². The molecule has 0 saturated heterocycles. The zero-order valence-corrected chi connectivity index (χ0v) is 18.8. The van der Waals surface area contributed by atoms with Crippen molar-refractivity contribution in [3.05, 3.63) is 47.3 Å². The zero-order chi connectivity index (χ0) is 24.0. The maximum absolute atomic E-state index is 14.2. The van der Waals surface area contributed by atoms with Gasteiger partial charge in [-0.1, -0.05) is 6.07 Å². The number of fused-ring (bicyclic) bond motifs is 1. The van der Waals surface area contributed by atoms with Crippen LogP contribution >= 0.6 is 0 Å². The average molecular weight is 469 g/mol. The molecule has 10 heteroatoms. The van der Waals surface area contributed by atoms with Gasteiger partial charge in [-0.25, -0.2) is 14.2 Å². The molecule has 1 aliphatic heterocycles. The molecule has 1 saturated carbocycles. The Hall–Kier alpha value is -2.78. The maximum Gasteiger partial charge on any atom is 0.573 e. The summed E-state index contributed by atoms with van der Waals surface area (Å²) in [6.07, 6.45) is -0.630. The smallest absolute Gasteiger partial charge is 0.444 e. The molecule has 2 aromatic rings. The Morgan fingerprint density at radius 3 is 2.52 bits per heavy atom. The van der Waals surface area contributed by atoms with Crippen LogP contribution in [0.15, 0.2) is 24.4 Å². The van der Waals surface area contributed by atoms with E-state index in [9.17, 15) is 22.4 Å². The highest BCUT2D eigenvalue weighted by Gasteiger charge is 2.38. The SMILES string of the molecule is CC(C)(C)OC(=O)N1CCn2c(cnc2C2CC2)C1CCc1ccc(OC(F)(F)F)c(F)c1. The van der Waals surface area contributed by atoms with E-state index in [4.69, 9.17) is 4.74 Å². The summed E-state index contributed by atoms with van der Waals surface area (Å²) in [4.78, 5) is 19.2. The lowest BCUT2D eigenvalue weighted by molar-refractivity contribution is -0.275. The first-order valence-corrected chi connectivity index (χ1v) is 11.0. The van der Waals surface area contributed by atoms with E-state index in [0.717, 1.165) is 36.5 Å². The third-order valence-corrected chi connectivity index (χ3v) is 5.70. The van der Waals surface area contributed by atoms with E-state index in [0.29, 0.717) is 37.4 Å². The van der Waals surface area contributed by atoms with Crippen LogP contribution in [0.4, 0.5) is 22.4 Å². The van der Waals surface area contributed by atoms with E-state index in [2.05, 4.69) is 14.3 Å². The van der Waals surface area contributed by atoms with Gasteiger partial charge in [-0.2, -0.15) is 0 Å². The lowest BCUT2D eigenvalue weighted by Crippen LogP contribution is -2.44. The predicted octanol–water partition coefficient (Wildman–Crippen LogP) is 5.72. The molecule has 6 nitrogen and oxygen atoms in total. The number of hydrogen-bond acceptors (Lipinski definition) is 4. The topological polar surface area (TPSA) is 56.6 Å². The summed E-state index contributed by atoms with van der Waals surface area (Å²) >= 11 is 0. The van der Waals surface area contributed by atoms with Crippen LogP contribution in [0.1, 0.15) is 69.1 Å². The van der Waals surface area contributed by atoms with Gasteiger partial charge in [0.15, 0.2) is 11.6 Å². The number of amides is 1. The van der Waals surface area contributed by atoms with Gasteiger partial charge in [-0.3, -0.25) is 4.90 Å². The number of halogens is 4. The molecule has 1 amide bonds. The lowest BCUT2D eigenvalue weighted by atomic mass is 10.00. The number of aryl methyl sites for hydroxylation is 1. The fraction of sp³-hybridized carbons (Fsp3) is 0.565. The first-order chi connectivity index (χ1) is 15.4. The molecule has 2 heterocycles. The molecule has 2 aliphatic rings. The molecule has 1 fully saturated rings. The van der Waals surface area contributed by atoms with Gasteiger partial charge in [-0.05, 0) is 64.2 Å². The van der Waals surface area contributed by atoms with Crippen molar-refractivity contribution in [2.45, 2.75) is 76.9 Å². The number of benzene rings is 1. The summed E-state index contributed by atoms with van der Waals surface area (Å²) in [5, 5.41) is 0. The minimum absolute atomic E-state index is 0.344. The molecular formula is C23H27F4N3O3. The van der Waals surface area contributed by atoms with Gasteiger partial charge in [-0.15, -0.1) is 13.2 Å². The fourth-order valence-electron chi connectivity index (χ4n) is 4.16. The average Bonchev–Trinajstić information content (AvgIpc) is 3.44. The van der Waals surface area contributed by atoms with E-state index < -0.39 is 29.6 Å². The standard InChI is InChI=1S/C23H27F4N3O3/c1-22(2,3)33-21(31)30-11-10-29-18(13-28-20(29)15-6-7-15)17(30)8-4-14-5-9-19(16(24)12-14)32-23(25,26)27/h5,9,12-13,15,17H,4,6-8,10-11H2,1-3H3. The predicted molar refractivity (Wildman–Crippen MR) is 111 cm³/mol. The van der Waals surface area contributed by atoms with E-state index in [1.165, 1.54) is 6.07 Å². The van der Waals surface area contributed by atoms with Crippen LogP contribution in [0.5, 0.6) is 5.75 Å². The normalized spacial score (nSPS) is 18.8. The van der Waals surface area contributed by atoms with Crippen molar-refractivity contribution in [3.63, 3.8) is 0 Å². The Morgan fingerprint density at radius 2 is 1.91 bits per heavy atom. The van der Waals surface area contributed by atoms with Crippen LogP contribution in [0, 0.1) is 5.82 Å². The van der Waals surface area contributed by atoms with Crippen LogP contribution in [0.2, 0.25) is 0 Å². The minimum Gasteiger partial charge on any atom is -0.444 e. The van der Waals surface area contributed by atoms with Gasteiger partial charge in [0.2, 0.25) is 0 Å². The quantitative estimate of drug-likeness (QED) is 0.526. The Kier molecular flexibility index (Phi) is 6.05. The van der Waals surface area contributed by atoms with Gasteiger partial charge in [0.1, 0.15) is 11.4 Å². The Labute approximate surface area is 189 Å². The van der Waals surface area contributed by atoms with Gasteiger partial charge in [0, 0.05) is 19.0 Å². The molecular weight excluding hydrogens is 442 g/mol. The molecule has 0 bridgehead atoms. The molecule has 1 aromatic carbocycles. The van der Waals surface area contributed by atoms with Gasteiger partial charge < -0.3 is 14.0 Å². The number of ether oxygens (including phenoxy) is 2. The number of alkyl halides is 3. The first kappa shape index (κ1) is 23.4. The summed E-state index contributed by atoms with van der Waals surface area (Å²) in [5.74, 6) is -0.480. The van der Waals surface area contributed by atoms with Gasteiger partial charge in [0.05, 0.1) is 17.9 Å². The van der Waals surface area contributed by atoms with E-state index in [1.54, 1.807) is 31.9 Å². The fourth-order valence-corrected chi connectivity index (χ4v) is 4.16. The molecule has 4 rings (SSSR count). The molecule has 1 unspecified atom stereocenters. The number of aromatic nitrogens is 2. The number of hydrogen-bond donors (Lipinski definition) is 0. The highest BCUT2D eigenvalue weighted by atomic mass is 19.4. The minimum atomic E-state index is -4.96. The first-order valence-electron chi connectivity index (χ1n) is 11.0. The molecule has 0 spiro atoms. The lowest BCUT2D eigenvalue weighted by Gasteiger charge is -2.38. The third-order valence-electron chi connectivity index (χ3n) is 5.70. The van der Waals surface area contributed by atoms with Crippen molar-refractivity contribution in [1.29, 1.82) is 0 Å². The summed E-state index contributed by atoms with van der Waals surface area (Å²) < 4.78 is 62.8. The number of carbonyl (C=O) groups excluding carboxylic acids is 1. The molecule has 0 N–H and O–H groups in total. The second-order valence-electron chi connectivity index (χ2n) is 9.51. The maximum atomic E-state index is 14.2. The summed E-state index contributed by atoms with van der Waals surface area (Å²) in [6.45, 7) is 6.47. The number of carbonyl (C=O) groups is 1. The van der Waals surface area contributed by atoms with Crippen LogP contribution in [-0.4, -0.2) is 39.1 Å². The molecule has 0 radical (unpaired) electrons. The molecule has 1 aliphatic carbocycles. The Bertz CT molecular complexity index is 1020. The van der Waals surface area contributed by atoms with Gasteiger partial charge in [0.25, 0.3) is 0 Å². The number of nitrogens with zero attached hydrogens (tertiary/aromatic N) is 3. The summed E-state index contributed by atoms with van der Waals surface area (Å²) in [5.41, 5.74) is 0.743. The number of imidazole rings is 1. The molecule has 180 valence electrons. The third kappa shape index (κ3) is 5.59. The van der Waals surface area contributed by atoms with Crippen molar-refractivity contribution in [3.8, 4) is 5.75 Å². The number of rotatable bonds is 5. The monoisotopic (exact) mass is 469 g/mol. The Balaban J connectivity index is 1.55. The van der Waals surface area contributed by atoms with Crippen LogP contribution < -0.4 is 4.74 Å². The highest BCUT2D eigenvalue weighted by molar-refractivity contribution is 5.69. The molecule has 1 aromatic heterocycles. The van der Waals surface area contributed by atoms with Crippen LogP contribution in [0.25, 0.3) is 0 Å². The van der Waals surface area contributed by atoms with Crippen molar-refractivity contribution in [2.75, 3.05) is 6.54 Å². The Morgan fingerprint density at radius 1 is 1.18 bits per heavy atom. The van der Waals surface area contributed by atoms with E-state index in [1.807, 2.05) is 0 Å². The van der Waals surface area contributed by atoms with Gasteiger partial charge >= 0.3 is 12.5 Å². The van der Waals surface area contributed by atoms with Crippen molar-refractivity contribution < 1.29 is 31.8 Å². The highest BCUT2D eigenvalue weighted by Crippen LogP contribution is 2.42. The zero-order valence-electron chi connectivity index (χ0n) is 18.8. The van der Waals surface area contributed by atoms with Crippen molar-refractivity contribution in [2.24, 2.45) is 0 Å². The second-order valence-corrected chi connectivity index (χ2v) is 9.51. The second kappa shape index (κ2) is 8.53. The van der Waals surface area contributed by atoms with E-state index >= 15 is 0 Å². The molecule has 33 heavy (non-hydrogen) atoms. The molecule has 1 atom stereocenters. The largest absolute Gasteiger partial charge is 0.573 e. The summed E-state index contributed by atoms with van der Waals surface area (Å²) in [6, 6.07) is 3.06.